The van der Waals surface area contributed by atoms with Gasteiger partial charge in [0, 0.05) is 32.3 Å². The van der Waals surface area contributed by atoms with E-state index < -0.39 is 5.91 Å². The van der Waals surface area contributed by atoms with E-state index in [4.69, 9.17) is 22.1 Å². The van der Waals surface area contributed by atoms with Crippen LogP contribution in [0.1, 0.15) is 29.6 Å². The lowest BCUT2D eigenvalue weighted by molar-refractivity contribution is 0.100. The van der Waals surface area contributed by atoms with Gasteiger partial charge < -0.3 is 20.7 Å². The van der Waals surface area contributed by atoms with Gasteiger partial charge in [-0.25, -0.2) is 0 Å². The highest BCUT2D eigenvalue weighted by Crippen LogP contribution is 2.21. The number of nitrogens with one attached hydrogen (secondary N) is 1. The summed E-state index contributed by atoms with van der Waals surface area (Å²) in [6.07, 6.45) is 3.16. The first-order chi connectivity index (χ1) is 11.1. The number of primary amides is 1. The maximum Gasteiger partial charge on any atom is 0.252 e. The molecule has 1 aromatic rings. The molecular formula is C15H22ClN5O2. The lowest BCUT2D eigenvalue weighted by Crippen LogP contribution is -2.41. The minimum absolute atomic E-state index is 0.165. The van der Waals surface area contributed by atoms with E-state index in [1.165, 1.54) is 12.5 Å². The molecule has 7 nitrogen and oxygen atoms in total. The highest BCUT2D eigenvalue weighted by molar-refractivity contribution is 6.29. The molecule has 2 saturated heterocycles. The molecule has 0 bridgehead atoms. The number of ether oxygens (including phenoxy) is 1. The van der Waals surface area contributed by atoms with Gasteiger partial charge in [0.15, 0.2) is 11.0 Å². The number of nitrogens with zero attached hydrogens (tertiary/aromatic N) is 3. The summed E-state index contributed by atoms with van der Waals surface area (Å²) >= 11 is 5.78. The summed E-state index contributed by atoms with van der Waals surface area (Å²) in [5.74, 6) is 0.538. The van der Waals surface area contributed by atoms with Crippen LogP contribution in [0.4, 0.5) is 5.82 Å². The molecule has 1 aromatic heterocycles. The van der Waals surface area contributed by atoms with Gasteiger partial charge in [0.25, 0.3) is 5.91 Å². The topological polar surface area (TPSA) is 93.4 Å². The van der Waals surface area contributed by atoms with E-state index in [-0.39, 0.29) is 16.8 Å². The first-order valence-electron chi connectivity index (χ1n) is 8.01. The Kier molecular flexibility index (Phi) is 5.30. The Balaban J connectivity index is 1.53. The van der Waals surface area contributed by atoms with Gasteiger partial charge in [-0.3, -0.25) is 4.79 Å². The normalized spacial score (nSPS) is 23.1. The lowest BCUT2D eigenvalue weighted by atomic mass is 10.0. The lowest BCUT2D eigenvalue weighted by Gasteiger charge is -2.33. The minimum atomic E-state index is -0.553. The molecule has 23 heavy (non-hydrogen) atoms. The highest BCUT2D eigenvalue weighted by atomic mass is 35.5. The molecule has 2 aliphatic heterocycles. The summed E-state index contributed by atoms with van der Waals surface area (Å²) in [5, 5.41) is 11.2. The molecule has 0 spiro atoms. The van der Waals surface area contributed by atoms with Crippen LogP contribution in [-0.4, -0.2) is 59.9 Å². The Morgan fingerprint density at radius 1 is 1.39 bits per heavy atom. The molecule has 1 amide bonds. The molecule has 2 fully saturated rings. The van der Waals surface area contributed by atoms with Crippen LogP contribution in [0.2, 0.25) is 5.15 Å². The summed E-state index contributed by atoms with van der Waals surface area (Å²) in [6, 6.07) is 1.72. The maximum absolute atomic E-state index is 11.5. The molecular weight excluding hydrogens is 318 g/mol. The van der Waals surface area contributed by atoms with Gasteiger partial charge in [0.1, 0.15) is 0 Å². The summed E-state index contributed by atoms with van der Waals surface area (Å²) in [6.45, 7) is 4.95. The summed E-state index contributed by atoms with van der Waals surface area (Å²) < 4.78 is 5.44. The number of nitrogens with two attached hydrogens (primary N) is 1. The molecule has 0 aliphatic carbocycles. The van der Waals surface area contributed by atoms with Crippen molar-refractivity contribution in [2.75, 3.05) is 38.2 Å². The summed E-state index contributed by atoms with van der Waals surface area (Å²) in [5.41, 5.74) is 5.66. The van der Waals surface area contributed by atoms with Crippen LogP contribution in [0.15, 0.2) is 6.07 Å². The molecule has 126 valence electrons. The van der Waals surface area contributed by atoms with E-state index in [9.17, 15) is 4.79 Å². The Morgan fingerprint density at radius 2 is 2.17 bits per heavy atom. The molecule has 2 aliphatic rings. The third kappa shape index (κ3) is 4.31. The number of piperidine rings is 1. The van der Waals surface area contributed by atoms with Crippen molar-refractivity contribution in [1.82, 2.24) is 15.1 Å². The predicted octanol–water partition coefficient (Wildman–Crippen LogP) is 1.14. The van der Waals surface area contributed by atoms with Crippen LogP contribution in [0.3, 0.4) is 0 Å². The van der Waals surface area contributed by atoms with E-state index in [2.05, 4.69) is 20.4 Å². The molecule has 3 N–H and O–H groups in total. The number of hydrogen-bond donors (Lipinski definition) is 2. The fraction of sp³-hybridized carbons (Fsp3) is 0.667. The van der Waals surface area contributed by atoms with Gasteiger partial charge in [0.2, 0.25) is 0 Å². The van der Waals surface area contributed by atoms with Crippen LogP contribution in [-0.2, 0) is 4.74 Å². The van der Waals surface area contributed by atoms with Gasteiger partial charge in [-0.05, 0) is 31.2 Å². The average molecular weight is 340 g/mol. The van der Waals surface area contributed by atoms with E-state index in [1.54, 1.807) is 0 Å². The molecule has 8 heteroatoms. The van der Waals surface area contributed by atoms with Crippen molar-refractivity contribution in [1.29, 1.82) is 0 Å². The number of halogens is 1. The molecule has 3 heterocycles. The van der Waals surface area contributed by atoms with Gasteiger partial charge in [-0.15, -0.1) is 10.2 Å². The largest absolute Gasteiger partial charge is 0.381 e. The monoisotopic (exact) mass is 339 g/mol. The number of carbonyl (C=O) groups excluding carboxylic acids is 1. The Bertz CT molecular complexity index is 557. The fourth-order valence-electron chi connectivity index (χ4n) is 3.21. The number of aromatic nitrogens is 2. The average Bonchev–Trinajstić information content (AvgIpc) is 3.04. The second-order valence-corrected chi connectivity index (χ2v) is 6.63. The SMILES string of the molecule is NC(=O)c1cc(Cl)nnc1NC1CCN(CC2CCOC2)CC1. The fourth-order valence-corrected chi connectivity index (χ4v) is 3.36. The van der Waals surface area contributed by atoms with Crippen molar-refractivity contribution in [3.63, 3.8) is 0 Å². The number of anilines is 1. The minimum Gasteiger partial charge on any atom is -0.381 e. The van der Waals surface area contributed by atoms with Crippen molar-refractivity contribution in [2.45, 2.75) is 25.3 Å². The second-order valence-electron chi connectivity index (χ2n) is 6.24. The zero-order valence-corrected chi connectivity index (χ0v) is 13.8. The molecule has 0 radical (unpaired) electrons. The highest BCUT2D eigenvalue weighted by Gasteiger charge is 2.25. The smallest absolute Gasteiger partial charge is 0.252 e. The third-order valence-corrected chi connectivity index (χ3v) is 4.68. The Hall–Kier alpha value is -1.44. The van der Waals surface area contributed by atoms with Crippen LogP contribution >= 0.6 is 11.6 Å². The molecule has 1 unspecified atom stereocenters. The van der Waals surface area contributed by atoms with Crippen molar-refractivity contribution in [3.8, 4) is 0 Å². The van der Waals surface area contributed by atoms with Crippen LogP contribution < -0.4 is 11.1 Å². The first-order valence-corrected chi connectivity index (χ1v) is 8.39. The first kappa shape index (κ1) is 16.4. The third-order valence-electron chi connectivity index (χ3n) is 4.50. The molecule has 0 saturated carbocycles. The number of hydrogen-bond acceptors (Lipinski definition) is 6. The number of amides is 1. The van der Waals surface area contributed by atoms with Crippen molar-refractivity contribution < 1.29 is 9.53 Å². The van der Waals surface area contributed by atoms with Crippen LogP contribution in [0, 0.1) is 5.92 Å². The van der Waals surface area contributed by atoms with Crippen LogP contribution in [0.25, 0.3) is 0 Å². The van der Waals surface area contributed by atoms with Crippen LogP contribution in [0.5, 0.6) is 0 Å². The number of carbonyl (C=O) groups is 1. The molecule has 3 rings (SSSR count). The Labute approximate surface area is 140 Å². The van der Waals surface area contributed by atoms with E-state index >= 15 is 0 Å². The maximum atomic E-state index is 11.5. The van der Waals surface area contributed by atoms with Crippen molar-refractivity contribution in [2.24, 2.45) is 11.7 Å². The van der Waals surface area contributed by atoms with E-state index in [1.807, 2.05) is 0 Å². The quantitative estimate of drug-likeness (QED) is 0.835. The molecule has 1 atom stereocenters. The number of likely N-dealkylation sites (tertiary alicyclic amines) is 1. The Morgan fingerprint density at radius 3 is 2.83 bits per heavy atom. The summed E-state index contributed by atoms with van der Waals surface area (Å²) in [7, 11) is 0. The van der Waals surface area contributed by atoms with E-state index in [0.29, 0.717) is 11.7 Å². The number of rotatable bonds is 5. The standard InChI is InChI=1S/C15H22ClN5O2/c16-13-7-12(14(17)22)15(20-19-13)18-11-1-4-21(5-2-11)8-10-3-6-23-9-10/h7,10-11H,1-6,8-9H2,(H2,17,22)(H,18,20). The molecule has 0 aromatic carbocycles. The summed E-state index contributed by atoms with van der Waals surface area (Å²) in [4.78, 5) is 14.0. The zero-order valence-electron chi connectivity index (χ0n) is 13.0. The zero-order chi connectivity index (χ0) is 16.2. The second kappa shape index (κ2) is 7.42. The van der Waals surface area contributed by atoms with Gasteiger partial charge in [-0.1, -0.05) is 11.6 Å². The van der Waals surface area contributed by atoms with Crippen molar-refractivity contribution >= 4 is 23.3 Å². The van der Waals surface area contributed by atoms with Gasteiger partial charge >= 0.3 is 0 Å². The van der Waals surface area contributed by atoms with E-state index in [0.717, 1.165) is 45.7 Å². The van der Waals surface area contributed by atoms with Gasteiger partial charge in [-0.2, -0.15) is 0 Å². The predicted molar refractivity (Wildman–Crippen MR) is 87.6 cm³/mol. The van der Waals surface area contributed by atoms with Gasteiger partial charge in [0.05, 0.1) is 12.2 Å². The van der Waals surface area contributed by atoms with Crippen molar-refractivity contribution in [3.05, 3.63) is 16.8 Å².